The first-order valence-corrected chi connectivity index (χ1v) is 8.60. The summed E-state index contributed by atoms with van der Waals surface area (Å²) in [6.07, 6.45) is 6.51. The average molecular weight is 311 g/mol. The van der Waals surface area contributed by atoms with Gasteiger partial charge in [-0.25, -0.2) is 0 Å². The van der Waals surface area contributed by atoms with Crippen molar-refractivity contribution in [2.75, 3.05) is 13.1 Å². The highest BCUT2D eigenvalue weighted by Gasteiger charge is 2.43. The highest BCUT2D eigenvalue weighted by atomic mass is 35.5. The van der Waals surface area contributed by atoms with E-state index < -0.39 is 0 Å². The minimum absolute atomic E-state index is 0.340. The van der Waals surface area contributed by atoms with Crippen LogP contribution in [0.4, 0.5) is 0 Å². The maximum absolute atomic E-state index is 6.47. The molecule has 5 heteroatoms. The van der Waals surface area contributed by atoms with Gasteiger partial charge in [-0.05, 0) is 26.2 Å². The van der Waals surface area contributed by atoms with E-state index in [2.05, 4.69) is 22.2 Å². The van der Waals surface area contributed by atoms with Gasteiger partial charge in [0.15, 0.2) is 0 Å². The highest BCUT2D eigenvalue weighted by molar-refractivity contribution is 6.31. The Hall–Kier alpha value is -0.580. The average Bonchev–Trinajstić information content (AvgIpc) is 3.03. The minimum Gasteiger partial charge on any atom is -0.311 e. The minimum atomic E-state index is 0.340. The first kappa shape index (κ1) is 15.3. The van der Waals surface area contributed by atoms with Crippen molar-refractivity contribution >= 4 is 11.6 Å². The van der Waals surface area contributed by atoms with Crippen molar-refractivity contribution < 1.29 is 0 Å². The summed E-state index contributed by atoms with van der Waals surface area (Å²) in [5.41, 5.74) is 2.45. The lowest BCUT2D eigenvalue weighted by molar-refractivity contribution is 0.0330. The number of hydrogen-bond acceptors (Lipinski definition) is 3. The van der Waals surface area contributed by atoms with Crippen LogP contribution in [-0.4, -0.2) is 39.4 Å². The van der Waals surface area contributed by atoms with Gasteiger partial charge in [0.05, 0.1) is 16.4 Å². The summed E-state index contributed by atoms with van der Waals surface area (Å²) in [7, 11) is 2.01. The lowest BCUT2D eigenvalue weighted by Crippen LogP contribution is -2.63. The number of hydrogen-bond donors (Lipinski definition) is 1. The van der Waals surface area contributed by atoms with Crippen molar-refractivity contribution in [3.63, 3.8) is 0 Å². The maximum atomic E-state index is 6.47. The summed E-state index contributed by atoms with van der Waals surface area (Å²) in [5, 5.41) is 9.07. The van der Waals surface area contributed by atoms with Gasteiger partial charge in [0.1, 0.15) is 0 Å². The summed E-state index contributed by atoms with van der Waals surface area (Å²) in [4.78, 5) is 2.69. The zero-order valence-corrected chi connectivity index (χ0v) is 14.2. The number of rotatable bonds is 3. The van der Waals surface area contributed by atoms with E-state index in [0.717, 1.165) is 36.0 Å². The van der Waals surface area contributed by atoms with Crippen LogP contribution >= 0.6 is 11.6 Å². The third-order valence-electron chi connectivity index (χ3n) is 5.46. The standard InChI is InChI=1S/C16H27ClN4/c1-4-13-9-21(16(11-18-13)7-5-6-8-16)10-14-15(17)12(2)19-20(14)3/h13,18H,4-11H2,1-3H3. The molecular formula is C16H27ClN4. The Balaban J connectivity index is 1.85. The molecule has 1 aromatic rings. The molecule has 0 amide bonds. The molecular weight excluding hydrogens is 284 g/mol. The predicted octanol–water partition coefficient (Wildman–Crippen LogP) is 2.88. The highest BCUT2D eigenvalue weighted by Crippen LogP contribution is 2.38. The van der Waals surface area contributed by atoms with Gasteiger partial charge in [0, 0.05) is 38.3 Å². The molecule has 1 aliphatic carbocycles. The first-order chi connectivity index (χ1) is 10.1. The zero-order chi connectivity index (χ0) is 15.0. The molecule has 1 atom stereocenters. The van der Waals surface area contributed by atoms with Crippen molar-refractivity contribution in [2.24, 2.45) is 7.05 Å². The molecule has 1 saturated heterocycles. The van der Waals surface area contributed by atoms with Crippen molar-refractivity contribution in [3.8, 4) is 0 Å². The van der Waals surface area contributed by atoms with E-state index in [0.29, 0.717) is 11.6 Å². The molecule has 1 spiro atoms. The van der Waals surface area contributed by atoms with E-state index in [9.17, 15) is 0 Å². The summed E-state index contributed by atoms with van der Waals surface area (Å²) < 4.78 is 1.96. The van der Waals surface area contributed by atoms with Crippen LogP contribution in [0.5, 0.6) is 0 Å². The number of aryl methyl sites for hydroxylation is 2. The predicted molar refractivity (Wildman–Crippen MR) is 86.6 cm³/mol. The summed E-state index contributed by atoms with van der Waals surface area (Å²) >= 11 is 6.47. The van der Waals surface area contributed by atoms with Crippen LogP contribution in [0.2, 0.25) is 5.02 Å². The molecule has 0 bridgehead atoms. The maximum Gasteiger partial charge on any atom is 0.0860 e. The Morgan fingerprint density at radius 1 is 1.38 bits per heavy atom. The largest absolute Gasteiger partial charge is 0.311 e. The Kier molecular flexibility index (Phi) is 4.30. The molecule has 2 heterocycles. The lowest BCUT2D eigenvalue weighted by Gasteiger charge is -2.48. The van der Waals surface area contributed by atoms with Crippen molar-refractivity contribution in [1.29, 1.82) is 0 Å². The van der Waals surface area contributed by atoms with E-state index >= 15 is 0 Å². The van der Waals surface area contributed by atoms with E-state index in [4.69, 9.17) is 11.6 Å². The topological polar surface area (TPSA) is 33.1 Å². The second-order valence-electron chi connectivity index (χ2n) is 6.77. The zero-order valence-electron chi connectivity index (χ0n) is 13.5. The van der Waals surface area contributed by atoms with E-state index in [1.54, 1.807) is 0 Å². The summed E-state index contributed by atoms with van der Waals surface area (Å²) in [5.74, 6) is 0. The van der Waals surface area contributed by atoms with E-state index in [-0.39, 0.29) is 0 Å². The lowest BCUT2D eigenvalue weighted by atomic mass is 9.90. The monoisotopic (exact) mass is 310 g/mol. The van der Waals surface area contributed by atoms with Gasteiger partial charge in [0.2, 0.25) is 0 Å². The number of nitrogens with one attached hydrogen (secondary N) is 1. The fourth-order valence-electron chi connectivity index (χ4n) is 4.03. The van der Waals surface area contributed by atoms with Gasteiger partial charge in [-0.15, -0.1) is 0 Å². The van der Waals surface area contributed by atoms with Gasteiger partial charge in [0.25, 0.3) is 0 Å². The van der Waals surface area contributed by atoms with Crippen LogP contribution in [0, 0.1) is 6.92 Å². The fraction of sp³-hybridized carbons (Fsp3) is 0.812. The van der Waals surface area contributed by atoms with Crippen LogP contribution in [0.15, 0.2) is 0 Å². The molecule has 1 aliphatic heterocycles. The molecule has 118 valence electrons. The molecule has 1 aromatic heterocycles. The number of piperazine rings is 1. The van der Waals surface area contributed by atoms with Crippen LogP contribution in [0.25, 0.3) is 0 Å². The van der Waals surface area contributed by atoms with Crippen LogP contribution in [-0.2, 0) is 13.6 Å². The van der Waals surface area contributed by atoms with Gasteiger partial charge < -0.3 is 5.32 Å². The smallest absolute Gasteiger partial charge is 0.0860 e. The molecule has 1 unspecified atom stereocenters. The third kappa shape index (κ3) is 2.73. The Bertz CT molecular complexity index is 505. The fourth-order valence-corrected chi connectivity index (χ4v) is 4.25. The first-order valence-electron chi connectivity index (χ1n) is 8.22. The number of nitrogens with zero attached hydrogens (tertiary/aromatic N) is 3. The molecule has 1 saturated carbocycles. The van der Waals surface area contributed by atoms with Crippen LogP contribution in [0.1, 0.15) is 50.4 Å². The molecule has 2 aliphatic rings. The van der Waals surface area contributed by atoms with Crippen molar-refractivity contribution in [1.82, 2.24) is 20.0 Å². The Morgan fingerprint density at radius 2 is 2.10 bits per heavy atom. The normalized spacial score (nSPS) is 25.8. The SMILES string of the molecule is CCC1CN(Cc2c(Cl)c(C)nn2C)C2(CCCC2)CN1. The summed E-state index contributed by atoms with van der Waals surface area (Å²) in [6, 6.07) is 0.601. The molecule has 2 fully saturated rings. The number of halogens is 1. The molecule has 1 N–H and O–H groups in total. The Labute approximate surface area is 132 Å². The van der Waals surface area contributed by atoms with Crippen LogP contribution in [0.3, 0.4) is 0 Å². The second kappa shape index (κ2) is 5.90. The number of aromatic nitrogens is 2. The summed E-state index contributed by atoms with van der Waals surface area (Å²) in [6.45, 7) is 7.43. The molecule has 0 radical (unpaired) electrons. The van der Waals surface area contributed by atoms with Crippen molar-refractivity contribution in [3.05, 3.63) is 16.4 Å². The van der Waals surface area contributed by atoms with E-state index in [1.165, 1.54) is 32.1 Å². The van der Waals surface area contributed by atoms with E-state index in [1.807, 2.05) is 18.7 Å². The quantitative estimate of drug-likeness (QED) is 0.932. The van der Waals surface area contributed by atoms with Gasteiger partial charge in [-0.3, -0.25) is 9.58 Å². The third-order valence-corrected chi connectivity index (χ3v) is 5.95. The Morgan fingerprint density at radius 3 is 2.67 bits per heavy atom. The molecule has 0 aromatic carbocycles. The van der Waals surface area contributed by atoms with Gasteiger partial charge >= 0.3 is 0 Å². The molecule has 21 heavy (non-hydrogen) atoms. The second-order valence-corrected chi connectivity index (χ2v) is 7.15. The molecule has 3 rings (SSSR count). The molecule has 4 nitrogen and oxygen atoms in total. The van der Waals surface area contributed by atoms with Crippen LogP contribution < -0.4 is 5.32 Å². The van der Waals surface area contributed by atoms with Gasteiger partial charge in [-0.2, -0.15) is 5.10 Å². The van der Waals surface area contributed by atoms with Crippen molar-refractivity contribution in [2.45, 2.75) is 64.1 Å². The van der Waals surface area contributed by atoms with Gasteiger partial charge in [-0.1, -0.05) is 31.4 Å².